The highest BCUT2D eigenvalue weighted by Crippen LogP contribution is 2.37. The Labute approximate surface area is 191 Å². The van der Waals surface area contributed by atoms with Crippen molar-refractivity contribution in [3.8, 4) is 11.5 Å². The van der Waals surface area contributed by atoms with Crippen molar-refractivity contribution < 1.29 is 9.47 Å². The second-order valence-electron chi connectivity index (χ2n) is 7.86. The molecule has 3 rings (SSSR count). The highest BCUT2D eigenvalue weighted by atomic mass is 35.5. The van der Waals surface area contributed by atoms with E-state index in [0.29, 0.717) is 35.8 Å². The first-order valence-corrected chi connectivity index (χ1v) is 11.3. The predicted octanol–water partition coefficient (Wildman–Crippen LogP) is 6.74. The van der Waals surface area contributed by atoms with E-state index in [4.69, 9.17) is 21.1 Å². The summed E-state index contributed by atoms with van der Waals surface area (Å²) in [4.78, 5) is 0. The van der Waals surface area contributed by atoms with E-state index in [1.807, 2.05) is 31.2 Å². The van der Waals surface area contributed by atoms with E-state index in [2.05, 4.69) is 61.6 Å². The maximum Gasteiger partial charge on any atom is 0.180 e. The van der Waals surface area contributed by atoms with Crippen molar-refractivity contribution in [3.05, 3.63) is 94.0 Å². The third-order valence-corrected chi connectivity index (χ3v) is 5.65. The Bertz CT molecular complexity index is 959. The predicted molar refractivity (Wildman–Crippen MR) is 129 cm³/mol. The van der Waals surface area contributed by atoms with Crippen LogP contribution in [0, 0.1) is 6.92 Å². The van der Waals surface area contributed by atoms with Gasteiger partial charge in [0.1, 0.15) is 6.61 Å². The summed E-state index contributed by atoms with van der Waals surface area (Å²) in [5.74, 6) is 1.30. The van der Waals surface area contributed by atoms with Crippen molar-refractivity contribution in [1.29, 1.82) is 0 Å². The minimum absolute atomic E-state index is 0.395. The first kappa shape index (κ1) is 23.2. The van der Waals surface area contributed by atoms with E-state index in [1.54, 1.807) is 0 Å². The molecular formula is C27H32ClNO2. The summed E-state index contributed by atoms with van der Waals surface area (Å²) in [6.45, 7) is 8.01. The fourth-order valence-corrected chi connectivity index (χ4v) is 3.76. The van der Waals surface area contributed by atoms with E-state index < -0.39 is 0 Å². The van der Waals surface area contributed by atoms with Gasteiger partial charge in [0, 0.05) is 12.6 Å². The molecule has 31 heavy (non-hydrogen) atoms. The molecule has 1 N–H and O–H groups in total. The van der Waals surface area contributed by atoms with Gasteiger partial charge in [-0.1, -0.05) is 66.2 Å². The van der Waals surface area contributed by atoms with Crippen LogP contribution in [-0.4, -0.2) is 12.6 Å². The summed E-state index contributed by atoms with van der Waals surface area (Å²) < 4.78 is 11.9. The summed E-state index contributed by atoms with van der Waals surface area (Å²) >= 11 is 6.60. The van der Waals surface area contributed by atoms with Crippen LogP contribution >= 0.6 is 11.6 Å². The lowest BCUT2D eigenvalue weighted by Crippen LogP contribution is -2.26. The molecule has 0 fully saturated rings. The molecule has 4 heteroatoms. The average molecular weight is 438 g/mol. The van der Waals surface area contributed by atoms with Crippen molar-refractivity contribution in [2.45, 2.75) is 52.8 Å². The second-order valence-corrected chi connectivity index (χ2v) is 8.27. The van der Waals surface area contributed by atoms with Gasteiger partial charge in [0.05, 0.1) is 11.6 Å². The zero-order valence-corrected chi connectivity index (χ0v) is 19.4. The van der Waals surface area contributed by atoms with Gasteiger partial charge >= 0.3 is 0 Å². The largest absolute Gasteiger partial charge is 0.490 e. The molecule has 0 radical (unpaired) electrons. The van der Waals surface area contributed by atoms with E-state index in [0.717, 1.165) is 30.5 Å². The first-order valence-electron chi connectivity index (χ1n) is 11.0. The maximum atomic E-state index is 6.60. The van der Waals surface area contributed by atoms with Gasteiger partial charge in [0.15, 0.2) is 11.5 Å². The molecule has 0 saturated heterocycles. The van der Waals surface area contributed by atoms with Gasteiger partial charge < -0.3 is 14.8 Å². The van der Waals surface area contributed by atoms with Crippen molar-refractivity contribution >= 4 is 11.6 Å². The molecule has 0 aliphatic rings. The number of hydrogen-bond acceptors (Lipinski definition) is 3. The molecule has 0 unspecified atom stereocenters. The maximum absolute atomic E-state index is 6.60. The Kier molecular flexibility index (Phi) is 8.81. The van der Waals surface area contributed by atoms with Crippen molar-refractivity contribution in [3.63, 3.8) is 0 Å². The summed E-state index contributed by atoms with van der Waals surface area (Å²) in [5, 5.41) is 4.17. The highest BCUT2D eigenvalue weighted by Gasteiger charge is 2.14. The molecule has 3 aromatic rings. The van der Waals surface area contributed by atoms with Gasteiger partial charge in [-0.15, -0.1) is 0 Å². The number of hydrogen-bond donors (Lipinski definition) is 1. The van der Waals surface area contributed by atoms with Crippen LogP contribution in [0.25, 0.3) is 0 Å². The van der Waals surface area contributed by atoms with Crippen LogP contribution in [-0.2, 0) is 19.6 Å². The molecule has 0 spiro atoms. The molecule has 0 amide bonds. The Hall–Kier alpha value is -2.49. The molecule has 164 valence electrons. The van der Waals surface area contributed by atoms with Crippen molar-refractivity contribution in [2.24, 2.45) is 0 Å². The topological polar surface area (TPSA) is 30.5 Å². The van der Waals surface area contributed by atoms with Crippen LogP contribution in [0.5, 0.6) is 11.5 Å². The van der Waals surface area contributed by atoms with E-state index in [1.165, 1.54) is 11.1 Å². The van der Waals surface area contributed by atoms with Crippen LogP contribution in [0.15, 0.2) is 66.7 Å². The van der Waals surface area contributed by atoms with E-state index >= 15 is 0 Å². The second kappa shape index (κ2) is 11.8. The fourth-order valence-electron chi connectivity index (χ4n) is 3.47. The fraction of sp³-hybridized carbons (Fsp3) is 0.333. The summed E-state index contributed by atoms with van der Waals surface area (Å²) in [7, 11) is 0. The third kappa shape index (κ3) is 7.02. The minimum Gasteiger partial charge on any atom is -0.490 e. The summed E-state index contributed by atoms with van der Waals surface area (Å²) in [5.41, 5.74) is 4.79. The Balaban J connectivity index is 1.61. The van der Waals surface area contributed by atoms with Gasteiger partial charge in [-0.2, -0.15) is 0 Å². The molecule has 3 aromatic carbocycles. The van der Waals surface area contributed by atoms with Gasteiger partial charge in [0.25, 0.3) is 0 Å². The molecule has 0 bridgehead atoms. The number of rotatable bonds is 11. The van der Waals surface area contributed by atoms with Crippen molar-refractivity contribution in [2.75, 3.05) is 6.61 Å². The van der Waals surface area contributed by atoms with Gasteiger partial charge in [-0.25, -0.2) is 0 Å². The smallest absolute Gasteiger partial charge is 0.180 e. The van der Waals surface area contributed by atoms with Gasteiger partial charge in [0.2, 0.25) is 0 Å². The van der Waals surface area contributed by atoms with Crippen molar-refractivity contribution in [1.82, 2.24) is 5.32 Å². The quantitative estimate of drug-likeness (QED) is 0.360. The van der Waals surface area contributed by atoms with Gasteiger partial charge in [-0.3, -0.25) is 0 Å². The minimum atomic E-state index is 0.395. The normalized spacial score (nSPS) is 11.9. The number of nitrogens with one attached hydrogen (secondary N) is 1. The monoisotopic (exact) mass is 437 g/mol. The van der Waals surface area contributed by atoms with Crippen LogP contribution in [0.1, 0.15) is 42.5 Å². The summed E-state index contributed by atoms with van der Waals surface area (Å²) in [6, 6.07) is 23.2. The zero-order valence-electron chi connectivity index (χ0n) is 18.7. The average Bonchev–Trinajstić information content (AvgIpc) is 2.77. The molecule has 3 nitrogen and oxygen atoms in total. The number of benzene rings is 3. The Morgan fingerprint density at radius 1 is 0.935 bits per heavy atom. The molecule has 0 heterocycles. The number of aryl methyl sites for hydroxylation is 2. The number of ether oxygens (including phenoxy) is 2. The lowest BCUT2D eigenvalue weighted by atomic mass is 10.1. The standard InChI is InChI=1S/C27H32ClNO2/c1-4-30-26-17-23(18-29-21(3)14-15-22-11-6-5-7-12-22)16-25(28)27(26)31-19-24-13-9-8-10-20(24)2/h5-13,16-17,21,29H,4,14-15,18-19H2,1-3H3/t21-/m1/s1. The van der Waals surface area contributed by atoms with Crippen LogP contribution in [0.3, 0.4) is 0 Å². The molecule has 0 aliphatic carbocycles. The first-order chi connectivity index (χ1) is 15.1. The molecule has 1 atom stereocenters. The zero-order chi connectivity index (χ0) is 22.1. The molecule has 0 aromatic heterocycles. The van der Waals surface area contributed by atoms with Gasteiger partial charge in [-0.05, 0) is 68.0 Å². The van der Waals surface area contributed by atoms with E-state index in [-0.39, 0.29) is 0 Å². The van der Waals surface area contributed by atoms with Crippen LogP contribution in [0.2, 0.25) is 5.02 Å². The van der Waals surface area contributed by atoms with Crippen LogP contribution in [0.4, 0.5) is 0 Å². The summed E-state index contributed by atoms with van der Waals surface area (Å²) in [6.07, 6.45) is 2.14. The van der Waals surface area contributed by atoms with E-state index in [9.17, 15) is 0 Å². The third-order valence-electron chi connectivity index (χ3n) is 5.37. The number of halogens is 1. The lowest BCUT2D eigenvalue weighted by Gasteiger charge is -2.18. The lowest BCUT2D eigenvalue weighted by molar-refractivity contribution is 0.268. The van der Waals surface area contributed by atoms with Crippen LogP contribution < -0.4 is 14.8 Å². The highest BCUT2D eigenvalue weighted by molar-refractivity contribution is 6.32. The Morgan fingerprint density at radius 2 is 1.68 bits per heavy atom. The SMILES string of the molecule is CCOc1cc(CN[C@H](C)CCc2ccccc2)cc(Cl)c1OCc1ccccc1C. The molecule has 0 aliphatic heterocycles. The molecular weight excluding hydrogens is 406 g/mol. The molecule has 0 saturated carbocycles. The Morgan fingerprint density at radius 3 is 2.42 bits per heavy atom.